The molecule has 3 aromatic rings. The second-order valence-electron chi connectivity index (χ2n) is 5.33. The first-order valence-corrected chi connectivity index (χ1v) is 8.39. The fourth-order valence-electron chi connectivity index (χ4n) is 2.39. The van der Waals surface area contributed by atoms with E-state index in [4.69, 9.17) is 9.47 Å². The normalized spacial score (nSPS) is 10.6. The van der Waals surface area contributed by atoms with Gasteiger partial charge in [0.1, 0.15) is 16.5 Å². The fraction of sp³-hybridized carbons (Fsp3) is 0.235. The predicted molar refractivity (Wildman–Crippen MR) is 97.2 cm³/mol. The zero-order chi connectivity index (χ0) is 18.0. The Morgan fingerprint density at radius 3 is 2.60 bits per heavy atom. The van der Waals surface area contributed by atoms with Gasteiger partial charge in [-0.25, -0.2) is 4.98 Å². The van der Waals surface area contributed by atoms with Crippen LogP contribution in [0.25, 0.3) is 22.0 Å². The number of hydrogen-bond donors (Lipinski definition) is 1. The van der Waals surface area contributed by atoms with Crippen molar-refractivity contribution >= 4 is 23.1 Å². The molecule has 0 atom stereocenters. The Hall–Kier alpha value is -2.87. The number of ether oxygens (including phenoxy) is 2. The summed E-state index contributed by atoms with van der Waals surface area (Å²) in [5, 5.41) is 9.88. The van der Waals surface area contributed by atoms with Gasteiger partial charge in [-0.2, -0.15) is 5.10 Å². The smallest absolute Gasteiger partial charge is 0.222 e. The van der Waals surface area contributed by atoms with Crippen LogP contribution in [0.3, 0.4) is 0 Å². The number of benzene rings is 1. The van der Waals surface area contributed by atoms with Crippen molar-refractivity contribution in [3.05, 3.63) is 29.6 Å². The molecule has 0 bridgehead atoms. The summed E-state index contributed by atoms with van der Waals surface area (Å²) in [6.45, 7) is 1.46. The third-order valence-corrected chi connectivity index (χ3v) is 4.45. The summed E-state index contributed by atoms with van der Waals surface area (Å²) in [6, 6.07) is 7.47. The summed E-state index contributed by atoms with van der Waals surface area (Å²) in [4.78, 5) is 15.9. The second-order valence-corrected chi connectivity index (χ2v) is 6.19. The van der Waals surface area contributed by atoms with Crippen molar-refractivity contribution in [1.29, 1.82) is 0 Å². The number of aryl methyl sites for hydroxylation is 1. The Labute approximate surface area is 149 Å². The lowest BCUT2D eigenvalue weighted by Crippen LogP contribution is -2.09. The quantitative estimate of drug-likeness (QED) is 0.758. The summed E-state index contributed by atoms with van der Waals surface area (Å²) in [5.74, 6) is 1.82. The van der Waals surface area contributed by atoms with Gasteiger partial charge in [-0.3, -0.25) is 9.48 Å². The molecule has 0 saturated heterocycles. The van der Waals surface area contributed by atoms with E-state index in [0.717, 1.165) is 16.3 Å². The first-order chi connectivity index (χ1) is 12.0. The molecule has 0 aliphatic rings. The Morgan fingerprint density at radius 1 is 1.16 bits per heavy atom. The molecular weight excluding hydrogens is 340 g/mol. The largest absolute Gasteiger partial charge is 0.493 e. The van der Waals surface area contributed by atoms with Gasteiger partial charge >= 0.3 is 0 Å². The van der Waals surface area contributed by atoms with E-state index < -0.39 is 0 Å². The minimum atomic E-state index is -0.139. The molecule has 0 saturated carbocycles. The maximum Gasteiger partial charge on any atom is 0.222 e. The third kappa shape index (κ3) is 3.48. The average Bonchev–Trinajstić information content (AvgIpc) is 3.21. The lowest BCUT2D eigenvalue weighted by atomic mass is 10.1. The molecule has 2 heterocycles. The molecule has 0 spiro atoms. The molecule has 8 heteroatoms. The van der Waals surface area contributed by atoms with E-state index in [1.807, 2.05) is 23.6 Å². The molecule has 0 unspecified atom stereocenters. The van der Waals surface area contributed by atoms with E-state index in [2.05, 4.69) is 15.4 Å². The molecule has 130 valence electrons. The summed E-state index contributed by atoms with van der Waals surface area (Å²) < 4.78 is 12.2. The van der Waals surface area contributed by atoms with Crippen molar-refractivity contribution < 1.29 is 14.3 Å². The highest BCUT2D eigenvalue weighted by Crippen LogP contribution is 2.34. The van der Waals surface area contributed by atoms with Crippen LogP contribution in [0, 0.1) is 0 Å². The van der Waals surface area contributed by atoms with Crippen molar-refractivity contribution in [2.75, 3.05) is 19.5 Å². The van der Waals surface area contributed by atoms with Gasteiger partial charge < -0.3 is 14.8 Å². The average molecular weight is 358 g/mol. The van der Waals surface area contributed by atoms with E-state index in [-0.39, 0.29) is 5.91 Å². The number of carbonyl (C=O) groups excluding carboxylic acids is 1. The number of anilines is 1. The minimum Gasteiger partial charge on any atom is -0.493 e. The van der Waals surface area contributed by atoms with Crippen LogP contribution in [0.1, 0.15) is 6.92 Å². The minimum absolute atomic E-state index is 0.139. The van der Waals surface area contributed by atoms with Crippen LogP contribution in [0.4, 0.5) is 5.82 Å². The standard InChI is InChI=1S/C17H18N4O3S/c1-10(22)18-16-8-12(20-21(16)2)17-19-13(9-25-17)11-5-6-14(23-3)15(7-11)24-4/h5-9H,1-4H3,(H,18,22). The predicted octanol–water partition coefficient (Wildman–Crippen LogP) is 3.19. The number of thiazole rings is 1. The van der Waals surface area contributed by atoms with E-state index in [1.165, 1.54) is 18.3 Å². The van der Waals surface area contributed by atoms with E-state index >= 15 is 0 Å². The maximum absolute atomic E-state index is 11.2. The van der Waals surface area contributed by atoms with Gasteiger partial charge in [0, 0.05) is 31.0 Å². The topological polar surface area (TPSA) is 78.3 Å². The molecular formula is C17H18N4O3S. The highest BCUT2D eigenvalue weighted by atomic mass is 32.1. The van der Waals surface area contributed by atoms with Crippen LogP contribution in [-0.2, 0) is 11.8 Å². The van der Waals surface area contributed by atoms with Gasteiger partial charge in [0.25, 0.3) is 0 Å². The molecule has 0 fully saturated rings. The number of carbonyl (C=O) groups is 1. The van der Waals surface area contributed by atoms with Gasteiger partial charge in [-0.1, -0.05) is 0 Å². The number of methoxy groups -OCH3 is 2. The number of aromatic nitrogens is 3. The molecule has 1 aromatic carbocycles. The molecule has 2 aromatic heterocycles. The number of rotatable bonds is 5. The molecule has 25 heavy (non-hydrogen) atoms. The Balaban J connectivity index is 1.91. The van der Waals surface area contributed by atoms with Gasteiger partial charge in [0.2, 0.25) is 5.91 Å². The molecule has 3 rings (SSSR count). The number of hydrogen-bond acceptors (Lipinski definition) is 6. The number of amides is 1. The summed E-state index contributed by atoms with van der Waals surface area (Å²) in [7, 11) is 4.98. The zero-order valence-electron chi connectivity index (χ0n) is 14.4. The molecule has 0 radical (unpaired) electrons. The van der Waals surface area contributed by atoms with Crippen molar-refractivity contribution in [1.82, 2.24) is 14.8 Å². The lowest BCUT2D eigenvalue weighted by molar-refractivity contribution is -0.114. The summed E-state index contributed by atoms with van der Waals surface area (Å²) in [5.41, 5.74) is 2.47. The van der Waals surface area contributed by atoms with Gasteiger partial charge in [-0.15, -0.1) is 11.3 Å². The number of nitrogens with zero attached hydrogens (tertiary/aromatic N) is 3. The molecule has 0 aliphatic carbocycles. The monoisotopic (exact) mass is 358 g/mol. The van der Waals surface area contributed by atoms with Gasteiger partial charge in [0.05, 0.1) is 19.9 Å². The number of nitrogens with one attached hydrogen (secondary N) is 1. The summed E-state index contributed by atoms with van der Waals surface area (Å²) in [6.07, 6.45) is 0. The molecule has 7 nitrogen and oxygen atoms in total. The van der Waals surface area contributed by atoms with Crippen LogP contribution < -0.4 is 14.8 Å². The second kappa shape index (κ2) is 6.94. The van der Waals surface area contributed by atoms with Gasteiger partial charge in [0.15, 0.2) is 11.5 Å². The van der Waals surface area contributed by atoms with E-state index in [1.54, 1.807) is 32.0 Å². The van der Waals surface area contributed by atoms with Crippen LogP contribution >= 0.6 is 11.3 Å². The molecule has 1 N–H and O–H groups in total. The first kappa shape index (κ1) is 17.0. The van der Waals surface area contributed by atoms with Crippen molar-refractivity contribution in [3.63, 3.8) is 0 Å². The van der Waals surface area contributed by atoms with Crippen molar-refractivity contribution in [3.8, 4) is 33.5 Å². The van der Waals surface area contributed by atoms with E-state index in [9.17, 15) is 4.79 Å². The van der Waals surface area contributed by atoms with E-state index in [0.29, 0.717) is 23.0 Å². The van der Waals surface area contributed by atoms with Crippen LogP contribution in [-0.4, -0.2) is 34.9 Å². The van der Waals surface area contributed by atoms with Crippen LogP contribution in [0.15, 0.2) is 29.6 Å². The highest BCUT2D eigenvalue weighted by molar-refractivity contribution is 7.13. The van der Waals surface area contributed by atoms with Crippen molar-refractivity contribution in [2.24, 2.45) is 7.05 Å². The zero-order valence-corrected chi connectivity index (χ0v) is 15.2. The first-order valence-electron chi connectivity index (χ1n) is 7.51. The Bertz CT molecular complexity index is 917. The SMILES string of the molecule is COc1ccc(-c2csc(-c3cc(NC(C)=O)n(C)n3)n2)cc1OC. The van der Waals surface area contributed by atoms with Crippen LogP contribution in [0.5, 0.6) is 11.5 Å². The maximum atomic E-state index is 11.2. The summed E-state index contributed by atoms with van der Waals surface area (Å²) >= 11 is 1.49. The Kier molecular flexibility index (Phi) is 4.71. The molecule has 1 amide bonds. The fourth-order valence-corrected chi connectivity index (χ4v) is 3.17. The highest BCUT2D eigenvalue weighted by Gasteiger charge is 2.14. The van der Waals surface area contributed by atoms with Crippen LogP contribution in [0.2, 0.25) is 0 Å². The van der Waals surface area contributed by atoms with Crippen molar-refractivity contribution in [2.45, 2.75) is 6.92 Å². The third-order valence-electron chi connectivity index (χ3n) is 3.59. The molecule has 0 aliphatic heterocycles. The lowest BCUT2D eigenvalue weighted by Gasteiger charge is -2.08. The van der Waals surface area contributed by atoms with Gasteiger partial charge in [-0.05, 0) is 18.2 Å². The Morgan fingerprint density at radius 2 is 1.92 bits per heavy atom.